The van der Waals surface area contributed by atoms with Gasteiger partial charge in [-0.05, 0) is 29.9 Å². The van der Waals surface area contributed by atoms with Crippen LogP contribution in [0.2, 0.25) is 0 Å². The van der Waals surface area contributed by atoms with Gasteiger partial charge < -0.3 is 6.15 Å². The van der Waals surface area contributed by atoms with E-state index in [0.717, 1.165) is 6.42 Å². The Kier molecular flexibility index (Phi) is 8.10. The zero-order valence-corrected chi connectivity index (χ0v) is 11.7. The number of halogens is 1. The summed E-state index contributed by atoms with van der Waals surface area (Å²) in [5.41, 5.74) is 2.88. The highest BCUT2D eigenvalue weighted by Crippen LogP contribution is 2.23. The molecule has 2 aromatic carbocycles. The summed E-state index contributed by atoms with van der Waals surface area (Å²) in [5.74, 6) is 0.642. The van der Waals surface area contributed by atoms with E-state index >= 15 is 0 Å². The molecule has 0 saturated heterocycles. The van der Waals surface area contributed by atoms with E-state index < -0.39 is 0 Å². The molecule has 0 spiro atoms. The molecule has 3 N–H and O–H groups in total. The smallest absolute Gasteiger partial charge is 0.0124 e. The lowest BCUT2D eigenvalue weighted by Crippen LogP contribution is -2.01. The Bertz CT molecular complexity index is 414. The number of rotatable bonds is 4. The summed E-state index contributed by atoms with van der Waals surface area (Å²) < 4.78 is 0. The summed E-state index contributed by atoms with van der Waals surface area (Å²) in [6, 6.07) is 21.5. The molecule has 2 aromatic rings. The zero-order chi connectivity index (χ0) is 11.2. The Morgan fingerprint density at radius 3 is 1.83 bits per heavy atom. The third-order valence-electron chi connectivity index (χ3n) is 3.09. The first-order valence-corrected chi connectivity index (χ1v) is 5.99. The van der Waals surface area contributed by atoms with Gasteiger partial charge in [0.1, 0.15) is 0 Å². The molecule has 98 valence electrons. The molecule has 18 heavy (non-hydrogen) atoms. The number of hydrogen-bond donors (Lipinski definition) is 1. The molecule has 0 saturated carbocycles. The van der Waals surface area contributed by atoms with Crippen molar-refractivity contribution in [2.75, 3.05) is 0 Å². The van der Waals surface area contributed by atoms with Crippen LogP contribution in [0.5, 0.6) is 0 Å². The molecular formula is C16H22ClN. The second-order valence-electron chi connectivity index (χ2n) is 4.21. The molecule has 0 radical (unpaired) electrons. The summed E-state index contributed by atoms with van der Waals surface area (Å²) in [7, 11) is 0. The molecule has 0 aliphatic heterocycles. The quantitative estimate of drug-likeness (QED) is 0.827. The fourth-order valence-corrected chi connectivity index (χ4v) is 2.12. The van der Waals surface area contributed by atoms with E-state index in [1.165, 1.54) is 17.5 Å². The monoisotopic (exact) mass is 263 g/mol. The van der Waals surface area contributed by atoms with Crippen LogP contribution in [-0.4, -0.2) is 0 Å². The van der Waals surface area contributed by atoms with E-state index in [4.69, 9.17) is 0 Å². The van der Waals surface area contributed by atoms with Gasteiger partial charge in [0, 0.05) is 0 Å². The molecule has 2 rings (SSSR count). The first-order valence-electron chi connectivity index (χ1n) is 5.99. The van der Waals surface area contributed by atoms with Gasteiger partial charge in [0.25, 0.3) is 0 Å². The van der Waals surface area contributed by atoms with Gasteiger partial charge in [-0.3, -0.25) is 0 Å². The lowest BCUT2D eigenvalue weighted by atomic mass is 9.90. The van der Waals surface area contributed by atoms with Crippen molar-refractivity contribution in [2.45, 2.75) is 25.7 Å². The van der Waals surface area contributed by atoms with E-state index in [-0.39, 0.29) is 18.6 Å². The summed E-state index contributed by atoms with van der Waals surface area (Å²) >= 11 is 0. The van der Waals surface area contributed by atoms with Gasteiger partial charge in [0.15, 0.2) is 0 Å². The van der Waals surface area contributed by atoms with Gasteiger partial charge in [-0.15, -0.1) is 12.4 Å². The van der Waals surface area contributed by atoms with Gasteiger partial charge in [-0.2, -0.15) is 0 Å². The molecule has 0 bridgehead atoms. The molecule has 0 aromatic heterocycles. The Hall–Kier alpha value is -1.31. The van der Waals surface area contributed by atoms with Gasteiger partial charge in [0.2, 0.25) is 0 Å². The Labute approximate surface area is 116 Å². The molecule has 1 atom stereocenters. The SMILES string of the molecule is CCC(Cc1ccccc1)c1ccccc1.Cl.N. The second-order valence-corrected chi connectivity index (χ2v) is 4.21. The van der Waals surface area contributed by atoms with E-state index in [0.29, 0.717) is 5.92 Å². The molecular weight excluding hydrogens is 242 g/mol. The highest BCUT2D eigenvalue weighted by atomic mass is 35.5. The van der Waals surface area contributed by atoms with Gasteiger partial charge in [-0.25, -0.2) is 0 Å². The van der Waals surface area contributed by atoms with Crippen molar-refractivity contribution in [2.24, 2.45) is 0 Å². The predicted octanol–water partition coefficient (Wildman–Crippen LogP) is 5.01. The van der Waals surface area contributed by atoms with Crippen molar-refractivity contribution in [3.63, 3.8) is 0 Å². The number of benzene rings is 2. The minimum atomic E-state index is 0. The maximum absolute atomic E-state index is 2.26. The van der Waals surface area contributed by atoms with Crippen molar-refractivity contribution in [3.05, 3.63) is 71.8 Å². The van der Waals surface area contributed by atoms with Crippen LogP contribution < -0.4 is 6.15 Å². The summed E-state index contributed by atoms with van der Waals surface area (Å²) in [4.78, 5) is 0. The lowest BCUT2D eigenvalue weighted by Gasteiger charge is -2.15. The first kappa shape index (κ1) is 16.7. The summed E-state index contributed by atoms with van der Waals surface area (Å²) in [5, 5.41) is 0. The Morgan fingerprint density at radius 2 is 1.33 bits per heavy atom. The largest absolute Gasteiger partial charge is 0.344 e. The fourth-order valence-electron chi connectivity index (χ4n) is 2.12. The predicted molar refractivity (Wildman–Crippen MR) is 81.9 cm³/mol. The van der Waals surface area contributed by atoms with Gasteiger partial charge >= 0.3 is 0 Å². The Balaban J connectivity index is 0.00000144. The van der Waals surface area contributed by atoms with Crippen molar-refractivity contribution < 1.29 is 0 Å². The van der Waals surface area contributed by atoms with Crippen LogP contribution in [0.4, 0.5) is 0 Å². The minimum absolute atomic E-state index is 0. The third-order valence-corrected chi connectivity index (χ3v) is 3.09. The summed E-state index contributed by atoms with van der Waals surface area (Å²) in [6.45, 7) is 2.26. The number of hydrogen-bond acceptors (Lipinski definition) is 1. The Morgan fingerprint density at radius 1 is 0.833 bits per heavy atom. The van der Waals surface area contributed by atoms with E-state index in [9.17, 15) is 0 Å². The van der Waals surface area contributed by atoms with Crippen molar-refractivity contribution >= 4 is 12.4 Å². The van der Waals surface area contributed by atoms with Crippen LogP contribution in [0.15, 0.2) is 60.7 Å². The van der Waals surface area contributed by atoms with Gasteiger partial charge in [0.05, 0.1) is 0 Å². The maximum atomic E-state index is 2.26. The molecule has 0 aliphatic rings. The molecule has 0 heterocycles. The van der Waals surface area contributed by atoms with Crippen molar-refractivity contribution in [1.82, 2.24) is 6.15 Å². The van der Waals surface area contributed by atoms with Crippen LogP contribution in [0.1, 0.15) is 30.4 Å². The average Bonchev–Trinajstić information content (AvgIpc) is 2.38. The van der Waals surface area contributed by atoms with Crippen molar-refractivity contribution in [3.8, 4) is 0 Å². The van der Waals surface area contributed by atoms with Crippen LogP contribution in [0, 0.1) is 0 Å². The molecule has 0 amide bonds. The molecule has 0 fully saturated rings. The standard InChI is InChI=1S/C16H18.ClH.H3N/c1-2-15(16-11-7-4-8-12-16)13-14-9-5-3-6-10-14;;/h3-12,15H,2,13H2,1H3;1H;1H3. The zero-order valence-electron chi connectivity index (χ0n) is 10.9. The fraction of sp³-hybridized carbons (Fsp3) is 0.250. The normalized spacial score (nSPS) is 10.9. The minimum Gasteiger partial charge on any atom is -0.344 e. The van der Waals surface area contributed by atoms with E-state index in [1.807, 2.05) is 0 Å². The molecule has 0 aliphatic carbocycles. The second kappa shape index (κ2) is 8.73. The van der Waals surface area contributed by atoms with Crippen LogP contribution in [0.3, 0.4) is 0 Å². The van der Waals surface area contributed by atoms with Crippen LogP contribution >= 0.6 is 12.4 Å². The average molecular weight is 264 g/mol. The van der Waals surface area contributed by atoms with Gasteiger partial charge in [-0.1, -0.05) is 67.6 Å². The van der Waals surface area contributed by atoms with Crippen LogP contribution in [0.25, 0.3) is 0 Å². The molecule has 1 nitrogen and oxygen atoms in total. The lowest BCUT2D eigenvalue weighted by molar-refractivity contribution is 0.660. The van der Waals surface area contributed by atoms with E-state index in [2.05, 4.69) is 67.6 Å². The van der Waals surface area contributed by atoms with Crippen LogP contribution in [-0.2, 0) is 6.42 Å². The summed E-state index contributed by atoms with van der Waals surface area (Å²) in [6.07, 6.45) is 2.33. The first-order chi connectivity index (χ1) is 7.90. The topological polar surface area (TPSA) is 35.0 Å². The van der Waals surface area contributed by atoms with Crippen molar-refractivity contribution in [1.29, 1.82) is 0 Å². The maximum Gasteiger partial charge on any atom is -0.0124 e. The highest BCUT2D eigenvalue weighted by molar-refractivity contribution is 5.85. The van der Waals surface area contributed by atoms with E-state index in [1.54, 1.807) is 0 Å². The highest BCUT2D eigenvalue weighted by Gasteiger charge is 2.09. The third kappa shape index (κ3) is 4.52. The molecule has 1 unspecified atom stereocenters. The molecule has 2 heteroatoms.